The molecule has 1 aromatic heterocycles. The highest BCUT2D eigenvalue weighted by atomic mass is 19.1. The fourth-order valence-electron chi connectivity index (χ4n) is 3.40. The maximum Gasteiger partial charge on any atom is 0.259 e. The standard InChI is InChI=1S/C20H17F2N3O2/c1-12-10-25(20(26)17-15(21)8-5-9-16(17)22)11-14(12)19-23-18(24-27-19)13-6-3-2-4-7-13/h2-9,12,14H,10-11H2,1H3/t12-,14-/m0/s1. The Morgan fingerprint density at radius 3 is 2.48 bits per heavy atom. The molecule has 2 heterocycles. The number of carbonyl (C=O) groups excluding carboxylic acids is 1. The van der Waals surface area contributed by atoms with Crippen LogP contribution in [0.4, 0.5) is 8.78 Å². The Morgan fingerprint density at radius 1 is 1.07 bits per heavy atom. The fraction of sp³-hybridized carbons (Fsp3) is 0.250. The summed E-state index contributed by atoms with van der Waals surface area (Å²) in [5.74, 6) is -1.65. The quantitative estimate of drug-likeness (QED) is 0.703. The van der Waals surface area contributed by atoms with Gasteiger partial charge in [-0.15, -0.1) is 0 Å². The van der Waals surface area contributed by atoms with Crippen molar-refractivity contribution in [2.75, 3.05) is 13.1 Å². The first kappa shape index (κ1) is 17.3. The number of likely N-dealkylation sites (tertiary alicyclic amines) is 1. The van der Waals surface area contributed by atoms with Gasteiger partial charge in [0.25, 0.3) is 5.91 Å². The number of hydrogen-bond acceptors (Lipinski definition) is 4. The van der Waals surface area contributed by atoms with Crippen molar-refractivity contribution in [1.29, 1.82) is 0 Å². The Labute approximate surface area is 154 Å². The maximum atomic E-state index is 13.9. The zero-order valence-electron chi connectivity index (χ0n) is 14.6. The molecule has 5 nitrogen and oxygen atoms in total. The lowest BCUT2D eigenvalue weighted by molar-refractivity contribution is 0.0776. The molecule has 1 fully saturated rings. The zero-order valence-corrected chi connectivity index (χ0v) is 14.6. The van der Waals surface area contributed by atoms with Crippen molar-refractivity contribution in [2.24, 2.45) is 5.92 Å². The van der Waals surface area contributed by atoms with Gasteiger partial charge in [-0.05, 0) is 18.1 Å². The van der Waals surface area contributed by atoms with Crippen LogP contribution in [0.25, 0.3) is 11.4 Å². The number of halogens is 2. The van der Waals surface area contributed by atoms with Crippen molar-refractivity contribution in [3.63, 3.8) is 0 Å². The third-order valence-corrected chi connectivity index (χ3v) is 4.87. The topological polar surface area (TPSA) is 59.2 Å². The Balaban J connectivity index is 1.55. The monoisotopic (exact) mass is 369 g/mol. The van der Waals surface area contributed by atoms with Gasteiger partial charge < -0.3 is 9.42 Å². The van der Waals surface area contributed by atoms with Crippen LogP contribution in [0.15, 0.2) is 53.1 Å². The molecule has 2 atom stereocenters. The van der Waals surface area contributed by atoms with E-state index >= 15 is 0 Å². The summed E-state index contributed by atoms with van der Waals surface area (Å²) in [6.45, 7) is 2.58. The van der Waals surface area contributed by atoms with Crippen LogP contribution in [-0.4, -0.2) is 34.0 Å². The summed E-state index contributed by atoms with van der Waals surface area (Å²) in [4.78, 5) is 18.5. The van der Waals surface area contributed by atoms with E-state index in [2.05, 4.69) is 10.1 Å². The average molecular weight is 369 g/mol. The Hall–Kier alpha value is -3.09. The molecular weight excluding hydrogens is 352 g/mol. The maximum absolute atomic E-state index is 13.9. The minimum Gasteiger partial charge on any atom is -0.339 e. The van der Waals surface area contributed by atoms with E-state index < -0.39 is 23.1 Å². The van der Waals surface area contributed by atoms with E-state index in [1.54, 1.807) is 0 Å². The number of carbonyl (C=O) groups is 1. The second kappa shape index (κ2) is 6.90. The Kier molecular flexibility index (Phi) is 4.43. The molecule has 7 heteroatoms. The molecule has 3 aromatic rings. The Morgan fingerprint density at radius 2 is 1.78 bits per heavy atom. The molecule has 1 amide bonds. The number of amides is 1. The normalized spacial score (nSPS) is 19.4. The summed E-state index contributed by atoms with van der Waals surface area (Å²) in [7, 11) is 0. The minimum atomic E-state index is -0.861. The van der Waals surface area contributed by atoms with Crippen LogP contribution in [0.5, 0.6) is 0 Å². The zero-order chi connectivity index (χ0) is 19.0. The lowest BCUT2D eigenvalue weighted by atomic mass is 9.98. The van der Waals surface area contributed by atoms with Gasteiger partial charge in [0.05, 0.1) is 5.92 Å². The van der Waals surface area contributed by atoms with E-state index in [1.165, 1.54) is 11.0 Å². The number of hydrogen-bond donors (Lipinski definition) is 0. The average Bonchev–Trinajstić information content (AvgIpc) is 3.29. The lowest BCUT2D eigenvalue weighted by Crippen LogP contribution is -2.30. The van der Waals surface area contributed by atoms with Crippen LogP contribution in [0.2, 0.25) is 0 Å². The van der Waals surface area contributed by atoms with Crippen LogP contribution in [0.3, 0.4) is 0 Å². The number of aromatic nitrogens is 2. The van der Waals surface area contributed by atoms with Crippen LogP contribution in [0, 0.1) is 17.6 Å². The summed E-state index contributed by atoms with van der Waals surface area (Å²) in [5, 5.41) is 4.01. The highest BCUT2D eigenvalue weighted by Crippen LogP contribution is 2.33. The first-order valence-corrected chi connectivity index (χ1v) is 8.67. The molecule has 1 saturated heterocycles. The van der Waals surface area contributed by atoms with Crippen molar-refractivity contribution in [1.82, 2.24) is 15.0 Å². The molecule has 1 aliphatic rings. The molecule has 0 bridgehead atoms. The van der Waals surface area contributed by atoms with Crippen LogP contribution in [0.1, 0.15) is 29.1 Å². The third kappa shape index (κ3) is 3.20. The molecule has 0 N–H and O–H groups in total. The predicted molar refractivity (Wildman–Crippen MR) is 93.9 cm³/mol. The molecule has 27 heavy (non-hydrogen) atoms. The Bertz CT molecular complexity index is 954. The van der Waals surface area contributed by atoms with E-state index in [4.69, 9.17) is 4.52 Å². The van der Waals surface area contributed by atoms with Gasteiger partial charge in [0.15, 0.2) is 0 Å². The van der Waals surface area contributed by atoms with E-state index in [0.717, 1.165) is 17.7 Å². The van der Waals surface area contributed by atoms with E-state index in [9.17, 15) is 13.6 Å². The summed E-state index contributed by atoms with van der Waals surface area (Å²) in [6, 6.07) is 12.8. The molecule has 2 aromatic carbocycles. The van der Waals surface area contributed by atoms with Gasteiger partial charge in [0.2, 0.25) is 11.7 Å². The first-order valence-electron chi connectivity index (χ1n) is 8.67. The van der Waals surface area contributed by atoms with Gasteiger partial charge in [0.1, 0.15) is 17.2 Å². The molecule has 4 rings (SSSR count). The number of rotatable bonds is 3. The van der Waals surface area contributed by atoms with Crippen molar-refractivity contribution >= 4 is 5.91 Å². The first-order chi connectivity index (χ1) is 13.0. The van der Waals surface area contributed by atoms with Crippen molar-refractivity contribution in [3.8, 4) is 11.4 Å². The fourth-order valence-corrected chi connectivity index (χ4v) is 3.40. The predicted octanol–water partition coefficient (Wildman–Crippen LogP) is 3.89. The number of nitrogens with zero attached hydrogens (tertiary/aromatic N) is 3. The molecule has 0 spiro atoms. The molecule has 1 aliphatic heterocycles. The van der Waals surface area contributed by atoms with Gasteiger partial charge in [-0.2, -0.15) is 4.98 Å². The number of benzene rings is 2. The highest BCUT2D eigenvalue weighted by Gasteiger charge is 2.38. The summed E-state index contributed by atoms with van der Waals surface area (Å²) < 4.78 is 33.3. The van der Waals surface area contributed by atoms with Crippen LogP contribution >= 0.6 is 0 Å². The molecule has 0 saturated carbocycles. The van der Waals surface area contributed by atoms with Gasteiger partial charge in [-0.3, -0.25) is 4.79 Å². The molecule has 138 valence electrons. The summed E-state index contributed by atoms with van der Waals surface area (Å²) in [6.07, 6.45) is 0. The largest absolute Gasteiger partial charge is 0.339 e. The van der Waals surface area contributed by atoms with Crippen LogP contribution in [-0.2, 0) is 0 Å². The van der Waals surface area contributed by atoms with Crippen molar-refractivity contribution in [3.05, 3.63) is 71.6 Å². The second-order valence-corrected chi connectivity index (χ2v) is 6.71. The van der Waals surface area contributed by atoms with Gasteiger partial charge in [-0.1, -0.05) is 48.5 Å². The van der Waals surface area contributed by atoms with E-state index in [0.29, 0.717) is 18.3 Å². The van der Waals surface area contributed by atoms with Gasteiger partial charge in [-0.25, -0.2) is 8.78 Å². The second-order valence-electron chi connectivity index (χ2n) is 6.71. The molecule has 0 unspecified atom stereocenters. The highest BCUT2D eigenvalue weighted by molar-refractivity contribution is 5.95. The third-order valence-electron chi connectivity index (χ3n) is 4.87. The van der Waals surface area contributed by atoms with Crippen molar-refractivity contribution in [2.45, 2.75) is 12.8 Å². The summed E-state index contributed by atoms with van der Waals surface area (Å²) >= 11 is 0. The smallest absolute Gasteiger partial charge is 0.259 e. The molecular formula is C20H17F2N3O2. The van der Waals surface area contributed by atoms with Crippen molar-refractivity contribution < 1.29 is 18.1 Å². The van der Waals surface area contributed by atoms with E-state index in [1.807, 2.05) is 37.3 Å². The molecule has 0 aliphatic carbocycles. The van der Waals surface area contributed by atoms with Gasteiger partial charge >= 0.3 is 0 Å². The lowest BCUT2D eigenvalue weighted by Gasteiger charge is -2.16. The SMILES string of the molecule is C[C@H]1CN(C(=O)c2c(F)cccc2F)C[C@@H]1c1nc(-c2ccccc2)no1. The summed E-state index contributed by atoms with van der Waals surface area (Å²) in [5.41, 5.74) is 0.306. The minimum absolute atomic E-state index is 0.0212. The van der Waals surface area contributed by atoms with Gasteiger partial charge in [0, 0.05) is 18.7 Å². The van der Waals surface area contributed by atoms with Crippen LogP contribution < -0.4 is 0 Å². The van der Waals surface area contributed by atoms with E-state index in [-0.39, 0.29) is 18.4 Å². The molecule has 0 radical (unpaired) electrons.